The Bertz CT molecular complexity index is 333. The van der Waals surface area contributed by atoms with Gasteiger partial charge in [-0.25, -0.2) is 0 Å². The molecule has 0 aromatic rings. The Labute approximate surface area is 119 Å². The summed E-state index contributed by atoms with van der Waals surface area (Å²) < 4.78 is 15.3. The fourth-order valence-electron chi connectivity index (χ4n) is 1.33. The molecule has 0 bridgehead atoms. The van der Waals surface area contributed by atoms with Gasteiger partial charge in [-0.2, -0.15) is 0 Å². The van der Waals surface area contributed by atoms with E-state index < -0.39 is 29.7 Å². The maximum absolute atomic E-state index is 11.8. The number of methoxy groups -OCH3 is 2. The van der Waals surface area contributed by atoms with Crippen LogP contribution in [-0.2, 0) is 28.6 Å². The van der Waals surface area contributed by atoms with Crippen LogP contribution in [0.5, 0.6) is 0 Å². The van der Waals surface area contributed by atoms with E-state index >= 15 is 0 Å². The Kier molecular flexibility index (Phi) is 7.56. The van der Waals surface area contributed by atoms with E-state index in [0.29, 0.717) is 0 Å². The Morgan fingerprint density at radius 1 is 1.17 bits per heavy atom. The lowest BCUT2D eigenvalue weighted by Crippen LogP contribution is -2.41. The average Bonchev–Trinajstić information content (AvgIpc) is 2.36. The first-order valence-corrected chi connectivity index (χ1v) is 6.33. The second-order valence-electron chi connectivity index (χ2n) is 3.23. The summed E-state index contributed by atoms with van der Waals surface area (Å²) in [5.41, 5.74) is -1.79. The highest BCUT2D eigenvalue weighted by atomic mass is 127. The SMILES string of the molecule is CCOC(=O)CC(/C=C/I)(C(=O)OC)C(=O)OC. The fourth-order valence-corrected chi connectivity index (χ4v) is 1.95. The van der Waals surface area contributed by atoms with Gasteiger partial charge in [0.05, 0.1) is 27.2 Å². The number of hydrogen-bond acceptors (Lipinski definition) is 6. The predicted octanol–water partition coefficient (Wildman–Crippen LogP) is 1.22. The van der Waals surface area contributed by atoms with Crippen molar-refractivity contribution in [1.82, 2.24) is 0 Å². The van der Waals surface area contributed by atoms with Crippen molar-refractivity contribution in [3.8, 4) is 0 Å². The minimum absolute atomic E-state index is 0.158. The van der Waals surface area contributed by atoms with Crippen LogP contribution in [0.25, 0.3) is 0 Å². The molecule has 6 nitrogen and oxygen atoms in total. The van der Waals surface area contributed by atoms with Crippen LogP contribution in [0, 0.1) is 5.41 Å². The molecular formula is C11H15IO6. The molecule has 0 aromatic carbocycles. The summed E-state index contributed by atoms with van der Waals surface area (Å²) >= 11 is 1.83. The maximum atomic E-state index is 11.8. The van der Waals surface area contributed by atoms with Crippen molar-refractivity contribution in [2.45, 2.75) is 13.3 Å². The van der Waals surface area contributed by atoms with Gasteiger partial charge in [-0.05, 0) is 17.1 Å². The highest BCUT2D eigenvalue weighted by Gasteiger charge is 2.48. The van der Waals surface area contributed by atoms with Crippen LogP contribution in [0.3, 0.4) is 0 Å². The molecule has 7 heteroatoms. The average molecular weight is 370 g/mol. The third kappa shape index (κ3) is 3.97. The van der Waals surface area contributed by atoms with E-state index in [1.54, 1.807) is 6.92 Å². The number of halogens is 1. The quantitative estimate of drug-likeness (QED) is 0.303. The summed E-state index contributed by atoms with van der Waals surface area (Å²) in [5.74, 6) is -2.41. The molecule has 0 unspecified atom stereocenters. The molecule has 0 radical (unpaired) electrons. The minimum Gasteiger partial charge on any atom is -0.468 e. The van der Waals surface area contributed by atoms with Gasteiger partial charge in [0, 0.05) is 0 Å². The molecule has 0 spiro atoms. The number of esters is 3. The van der Waals surface area contributed by atoms with E-state index in [1.807, 2.05) is 22.6 Å². The lowest BCUT2D eigenvalue weighted by atomic mass is 9.84. The van der Waals surface area contributed by atoms with Crippen LogP contribution in [0.2, 0.25) is 0 Å². The standard InChI is InChI=1S/C11H15IO6/c1-4-18-8(13)7-11(5-6-12,9(14)16-2)10(15)17-3/h5-6H,4,7H2,1-3H3/b6-5+. The first-order chi connectivity index (χ1) is 8.48. The van der Waals surface area contributed by atoms with Crippen molar-refractivity contribution < 1.29 is 28.6 Å². The second-order valence-corrected chi connectivity index (χ2v) is 3.95. The van der Waals surface area contributed by atoms with Crippen LogP contribution in [0.1, 0.15) is 13.3 Å². The van der Waals surface area contributed by atoms with Gasteiger partial charge in [-0.1, -0.05) is 22.6 Å². The van der Waals surface area contributed by atoms with E-state index in [9.17, 15) is 14.4 Å². The van der Waals surface area contributed by atoms with E-state index in [2.05, 4.69) is 9.47 Å². The summed E-state index contributed by atoms with van der Waals surface area (Å²) in [6, 6.07) is 0. The van der Waals surface area contributed by atoms with Gasteiger partial charge in [-0.3, -0.25) is 14.4 Å². The molecule has 0 N–H and O–H groups in total. The third-order valence-corrected chi connectivity index (χ3v) is 2.53. The molecule has 0 saturated heterocycles. The molecule has 0 aliphatic heterocycles. The molecule has 0 aliphatic rings. The fraction of sp³-hybridized carbons (Fsp3) is 0.545. The molecule has 0 saturated carbocycles. The zero-order valence-electron chi connectivity index (χ0n) is 10.4. The van der Waals surface area contributed by atoms with Crippen LogP contribution < -0.4 is 0 Å². The minimum atomic E-state index is -1.79. The van der Waals surface area contributed by atoms with Crippen molar-refractivity contribution in [3.05, 3.63) is 10.2 Å². The number of rotatable bonds is 6. The molecule has 0 rings (SSSR count). The van der Waals surface area contributed by atoms with Gasteiger partial charge in [-0.15, -0.1) is 0 Å². The first kappa shape index (κ1) is 16.9. The Hall–Kier alpha value is -1.12. The van der Waals surface area contributed by atoms with E-state index in [0.717, 1.165) is 14.2 Å². The summed E-state index contributed by atoms with van der Waals surface area (Å²) in [7, 11) is 2.26. The van der Waals surface area contributed by atoms with E-state index in [1.165, 1.54) is 10.2 Å². The lowest BCUT2D eigenvalue weighted by molar-refractivity contribution is -0.170. The number of carbonyl (C=O) groups is 3. The molecule has 18 heavy (non-hydrogen) atoms. The molecule has 102 valence electrons. The second kappa shape index (κ2) is 8.06. The highest BCUT2D eigenvalue weighted by molar-refractivity contribution is 14.1. The Balaban J connectivity index is 5.40. The summed E-state index contributed by atoms with van der Waals surface area (Å²) in [6.07, 6.45) is 0.807. The molecule has 0 fully saturated rings. The molecule has 0 atom stereocenters. The van der Waals surface area contributed by atoms with Gasteiger partial charge < -0.3 is 14.2 Å². The van der Waals surface area contributed by atoms with Gasteiger partial charge in [0.1, 0.15) is 0 Å². The Morgan fingerprint density at radius 3 is 2.00 bits per heavy atom. The molecule has 0 aliphatic carbocycles. The topological polar surface area (TPSA) is 78.9 Å². The van der Waals surface area contributed by atoms with Crippen LogP contribution in [0.4, 0.5) is 0 Å². The first-order valence-electron chi connectivity index (χ1n) is 5.08. The largest absolute Gasteiger partial charge is 0.468 e. The summed E-state index contributed by atoms with van der Waals surface area (Å²) in [6.45, 7) is 1.79. The summed E-state index contributed by atoms with van der Waals surface area (Å²) in [5, 5.41) is 0. The molecule has 0 aromatic heterocycles. The van der Waals surface area contributed by atoms with Crippen molar-refractivity contribution in [1.29, 1.82) is 0 Å². The number of ether oxygens (including phenoxy) is 3. The van der Waals surface area contributed by atoms with Crippen LogP contribution in [0.15, 0.2) is 10.2 Å². The lowest BCUT2D eigenvalue weighted by Gasteiger charge is -2.23. The van der Waals surface area contributed by atoms with Crippen molar-refractivity contribution >= 4 is 40.5 Å². The van der Waals surface area contributed by atoms with Gasteiger partial charge in [0.2, 0.25) is 0 Å². The monoisotopic (exact) mass is 370 g/mol. The normalized spacial score (nSPS) is 11.1. The summed E-state index contributed by atoms with van der Waals surface area (Å²) in [4.78, 5) is 35.1. The number of hydrogen-bond donors (Lipinski definition) is 0. The third-order valence-electron chi connectivity index (χ3n) is 2.18. The van der Waals surface area contributed by atoms with E-state index in [-0.39, 0.29) is 6.61 Å². The zero-order chi connectivity index (χ0) is 14.2. The van der Waals surface area contributed by atoms with Crippen molar-refractivity contribution in [2.24, 2.45) is 5.41 Å². The molecular weight excluding hydrogens is 355 g/mol. The van der Waals surface area contributed by atoms with Crippen molar-refractivity contribution in [3.63, 3.8) is 0 Å². The number of carbonyl (C=O) groups excluding carboxylic acids is 3. The Morgan fingerprint density at radius 2 is 1.67 bits per heavy atom. The molecule has 0 heterocycles. The van der Waals surface area contributed by atoms with Crippen LogP contribution >= 0.6 is 22.6 Å². The van der Waals surface area contributed by atoms with Gasteiger partial charge in [0.15, 0.2) is 5.41 Å². The predicted molar refractivity (Wildman–Crippen MR) is 70.9 cm³/mol. The maximum Gasteiger partial charge on any atom is 0.327 e. The highest BCUT2D eigenvalue weighted by Crippen LogP contribution is 2.29. The van der Waals surface area contributed by atoms with Gasteiger partial charge >= 0.3 is 17.9 Å². The van der Waals surface area contributed by atoms with E-state index in [4.69, 9.17) is 4.74 Å². The smallest absolute Gasteiger partial charge is 0.327 e. The zero-order valence-corrected chi connectivity index (χ0v) is 12.6. The van der Waals surface area contributed by atoms with Crippen LogP contribution in [-0.4, -0.2) is 38.7 Å². The molecule has 0 amide bonds. The van der Waals surface area contributed by atoms with Gasteiger partial charge in [0.25, 0.3) is 0 Å². The van der Waals surface area contributed by atoms with Crippen molar-refractivity contribution in [2.75, 3.05) is 20.8 Å².